The van der Waals surface area contributed by atoms with Gasteiger partial charge < -0.3 is 19.3 Å². The van der Waals surface area contributed by atoms with Gasteiger partial charge in [-0.15, -0.1) is 13.2 Å². The highest BCUT2D eigenvalue weighted by Crippen LogP contribution is 2.42. The van der Waals surface area contributed by atoms with Crippen LogP contribution in [0.1, 0.15) is 22.8 Å². The standard InChI is InChI=1S/C23H24F3N3O6S/c1-22-13-28(20(30)16-4-8-19(9-5-16)36(27,32)33)10-17(22)11-29(14-22)21(31)34-12-15-2-6-18(7-3-15)35-23(24,25)26/h2-9,17H,10-14H2,1H3,(H2,27,32,33)/t17?,22-/m0/s1. The average Bonchev–Trinajstić information content (AvgIpc) is 3.28. The van der Waals surface area contributed by atoms with Crippen molar-refractivity contribution in [2.24, 2.45) is 16.5 Å². The molecule has 13 heteroatoms. The second-order valence-corrected chi connectivity index (χ2v) is 10.8. The predicted molar refractivity (Wildman–Crippen MR) is 120 cm³/mol. The van der Waals surface area contributed by atoms with Crippen LogP contribution in [0.15, 0.2) is 53.4 Å². The number of fused-ring (bicyclic) bond motifs is 1. The van der Waals surface area contributed by atoms with Crippen LogP contribution in [0, 0.1) is 11.3 Å². The first kappa shape index (κ1) is 25.8. The molecule has 0 saturated carbocycles. The van der Waals surface area contributed by atoms with Gasteiger partial charge in [-0.3, -0.25) is 4.79 Å². The van der Waals surface area contributed by atoms with Crippen molar-refractivity contribution in [2.45, 2.75) is 24.8 Å². The molecule has 2 aromatic carbocycles. The second-order valence-electron chi connectivity index (χ2n) is 9.23. The van der Waals surface area contributed by atoms with Gasteiger partial charge in [-0.05, 0) is 42.0 Å². The van der Waals surface area contributed by atoms with Crippen molar-refractivity contribution < 1.29 is 40.7 Å². The van der Waals surface area contributed by atoms with Crippen LogP contribution in [0.5, 0.6) is 5.75 Å². The van der Waals surface area contributed by atoms with Gasteiger partial charge >= 0.3 is 12.5 Å². The van der Waals surface area contributed by atoms with E-state index in [-0.39, 0.29) is 34.5 Å². The molecule has 0 aromatic heterocycles. The minimum atomic E-state index is -4.78. The fraction of sp³-hybridized carbons (Fsp3) is 0.391. The zero-order chi connectivity index (χ0) is 26.3. The number of carbonyl (C=O) groups excluding carboxylic acids is 2. The van der Waals surface area contributed by atoms with Crippen LogP contribution in [0.2, 0.25) is 0 Å². The molecule has 36 heavy (non-hydrogen) atoms. The van der Waals surface area contributed by atoms with Crippen LogP contribution in [0.3, 0.4) is 0 Å². The van der Waals surface area contributed by atoms with E-state index in [9.17, 15) is 31.2 Å². The third kappa shape index (κ3) is 5.73. The lowest BCUT2D eigenvalue weighted by atomic mass is 9.83. The monoisotopic (exact) mass is 527 g/mol. The summed E-state index contributed by atoms with van der Waals surface area (Å²) in [6, 6.07) is 10.5. The molecule has 9 nitrogen and oxygen atoms in total. The summed E-state index contributed by atoms with van der Waals surface area (Å²) in [5.74, 6) is -0.576. The Labute approximate surface area is 205 Å². The Morgan fingerprint density at radius 1 is 1.03 bits per heavy atom. The Kier molecular flexibility index (Phi) is 6.64. The molecule has 2 aliphatic heterocycles. The van der Waals surface area contributed by atoms with E-state index >= 15 is 0 Å². The number of primary sulfonamides is 1. The molecule has 2 saturated heterocycles. The first-order valence-electron chi connectivity index (χ1n) is 10.9. The maximum Gasteiger partial charge on any atom is 0.573 e. The number of alkyl halides is 3. The van der Waals surface area contributed by atoms with E-state index < -0.39 is 22.5 Å². The smallest absolute Gasteiger partial charge is 0.445 e. The molecule has 0 spiro atoms. The summed E-state index contributed by atoms with van der Waals surface area (Å²) in [7, 11) is -3.85. The van der Waals surface area contributed by atoms with Crippen molar-refractivity contribution in [3.05, 3.63) is 59.7 Å². The van der Waals surface area contributed by atoms with Gasteiger partial charge in [-0.2, -0.15) is 0 Å². The summed E-state index contributed by atoms with van der Waals surface area (Å²) in [5, 5.41) is 5.09. The van der Waals surface area contributed by atoms with Crippen molar-refractivity contribution in [3.63, 3.8) is 0 Å². The third-order valence-corrected chi connectivity index (χ3v) is 7.39. The molecule has 2 fully saturated rings. The minimum Gasteiger partial charge on any atom is -0.445 e. The summed E-state index contributed by atoms with van der Waals surface area (Å²) in [6.45, 7) is 3.49. The van der Waals surface area contributed by atoms with Crippen molar-refractivity contribution in [1.29, 1.82) is 0 Å². The molecule has 2 amide bonds. The molecular weight excluding hydrogens is 503 g/mol. The van der Waals surface area contributed by atoms with Crippen LogP contribution in [-0.4, -0.2) is 62.8 Å². The second kappa shape index (κ2) is 9.28. The zero-order valence-corrected chi connectivity index (χ0v) is 20.0. The van der Waals surface area contributed by atoms with E-state index in [1.165, 1.54) is 36.4 Å². The van der Waals surface area contributed by atoms with Crippen molar-refractivity contribution in [3.8, 4) is 5.75 Å². The molecule has 0 aliphatic carbocycles. The molecule has 2 heterocycles. The molecule has 2 atom stereocenters. The van der Waals surface area contributed by atoms with Gasteiger partial charge in [0.1, 0.15) is 12.4 Å². The SMILES string of the molecule is C[C@]12CN(C(=O)OCc3ccc(OC(F)(F)F)cc3)CC1CN(C(=O)c1ccc(S(N)(=O)=O)cc1)C2. The van der Waals surface area contributed by atoms with Gasteiger partial charge in [0.2, 0.25) is 10.0 Å². The molecule has 1 unspecified atom stereocenters. The third-order valence-electron chi connectivity index (χ3n) is 6.47. The van der Waals surface area contributed by atoms with Gasteiger partial charge in [-0.1, -0.05) is 19.1 Å². The number of hydrogen-bond acceptors (Lipinski definition) is 6. The Hall–Kier alpha value is -3.32. The normalized spacial score (nSPS) is 21.9. The van der Waals surface area contributed by atoms with Crippen molar-refractivity contribution in [1.82, 2.24) is 9.80 Å². The Morgan fingerprint density at radius 2 is 1.61 bits per heavy atom. The van der Waals surface area contributed by atoms with Crippen LogP contribution >= 0.6 is 0 Å². The number of nitrogens with two attached hydrogens (primary N) is 1. The number of carbonyl (C=O) groups is 2. The molecule has 4 rings (SSSR count). The highest BCUT2D eigenvalue weighted by Gasteiger charge is 2.52. The molecule has 0 bridgehead atoms. The van der Waals surface area contributed by atoms with Crippen molar-refractivity contribution in [2.75, 3.05) is 26.2 Å². The lowest BCUT2D eigenvalue weighted by Gasteiger charge is -2.25. The zero-order valence-electron chi connectivity index (χ0n) is 19.2. The van der Waals surface area contributed by atoms with E-state index in [0.717, 1.165) is 12.1 Å². The Bertz CT molecular complexity index is 1250. The van der Waals surface area contributed by atoms with Gasteiger partial charge in [0, 0.05) is 43.1 Å². The average molecular weight is 528 g/mol. The highest BCUT2D eigenvalue weighted by molar-refractivity contribution is 7.89. The summed E-state index contributed by atoms with van der Waals surface area (Å²) >= 11 is 0. The van der Waals surface area contributed by atoms with Crippen molar-refractivity contribution >= 4 is 22.0 Å². The predicted octanol–water partition coefficient (Wildman–Crippen LogP) is 2.96. The number of rotatable bonds is 5. The first-order valence-corrected chi connectivity index (χ1v) is 12.5. The molecule has 0 radical (unpaired) electrons. The quantitative estimate of drug-likeness (QED) is 0.639. The Balaban J connectivity index is 1.30. The van der Waals surface area contributed by atoms with Gasteiger partial charge in [0.25, 0.3) is 5.91 Å². The fourth-order valence-electron chi connectivity index (χ4n) is 4.63. The summed E-state index contributed by atoms with van der Waals surface area (Å²) in [4.78, 5) is 28.7. The summed E-state index contributed by atoms with van der Waals surface area (Å²) < 4.78 is 68.8. The number of likely N-dealkylation sites (tertiary alicyclic amines) is 2. The van der Waals surface area contributed by atoms with Crippen LogP contribution < -0.4 is 9.88 Å². The van der Waals surface area contributed by atoms with E-state index in [0.29, 0.717) is 37.3 Å². The largest absolute Gasteiger partial charge is 0.573 e. The first-order chi connectivity index (χ1) is 16.7. The van der Waals surface area contributed by atoms with Gasteiger partial charge in [0.05, 0.1) is 4.90 Å². The topological polar surface area (TPSA) is 119 Å². The van der Waals surface area contributed by atoms with Gasteiger partial charge in [0.15, 0.2) is 0 Å². The van der Waals surface area contributed by atoms with Crippen LogP contribution in [0.25, 0.3) is 0 Å². The molecular formula is C23H24F3N3O6S. The number of amides is 2. The molecule has 2 N–H and O–H groups in total. The number of nitrogens with zero attached hydrogens (tertiary/aromatic N) is 2. The molecule has 2 aromatic rings. The van der Waals surface area contributed by atoms with E-state index in [1.807, 2.05) is 6.92 Å². The number of halogens is 3. The van der Waals surface area contributed by atoms with E-state index in [1.54, 1.807) is 9.80 Å². The van der Waals surface area contributed by atoms with Crippen LogP contribution in [-0.2, 0) is 21.4 Å². The van der Waals surface area contributed by atoms with E-state index in [2.05, 4.69) is 4.74 Å². The number of sulfonamides is 1. The summed E-state index contributed by atoms with van der Waals surface area (Å²) in [5.41, 5.74) is 0.508. The van der Waals surface area contributed by atoms with Gasteiger partial charge in [-0.25, -0.2) is 18.4 Å². The maximum atomic E-state index is 12.9. The minimum absolute atomic E-state index is 0.0245. The lowest BCUT2D eigenvalue weighted by molar-refractivity contribution is -0.274. The maximum absolute atomic E-state index is 12.9. The highest BCUT2D eigenvalue weighted by atomic mass is 32.2. The van der Waals surface area contributed by atoms with E-state index in [4.69, 9.17) is 9.88 Å². The fourth-order valence-corrected chi connectivity index (χ4v) is 5.14. The molecule has 2 aliphatic rings. The van der Waals surface area contributed by atoms with Crippen LogP contribution in [0.4, 0.5) is 18.0 Å². The Morgan fingerprint density at radius 3 is 2.17 bits per heavy atom. The molecule has 194 valence electrons. The number of benzene rings is 2. The lowest BCUT2D eigenvalue weighted by Crippen LogP contribution is -2.38. The number of hydrogen-bond donors (Lipinski definition) is 1. The summed E-state index contributed by atoms with van der Waals surface area (Å²) in [6.07, 6.45) is -5.33. The number of ether oxygens (including phenoxy) is 2.